The van der Waals surface area contributed by atoms with E-state index in [1.807, 2.05) is 42.5 Å². The van der Waals surface area contributed by atoms with Gasteiger partial charge >= 0.3 is 0 Å². The van der Waals surface area contributed by atoms with Crippen LogP contribution >= 0.6 is 0 Å². The van der Waals surface area contributed by atoms with Crippen molar-refractivity contribution in [2.75, 3.05) is 0 Å². The normalized spacial score (nSPS) is 11.0. The number of carbonyl (C=O) groups excluding carboxylic acids is 2. The zero-order valence-corrected chi connectivity index (χ0v) is 10.3. The second-order valence-electron chi connectivity index (χ2n) is 4.34. The maximum Gasteiger partial charge on any atom is 0.130 e. The third-order valence-corrected chi connectivity index (χ3v) is 2.46. The summed E-state index contributed by atoms with van der Waals surface area (Å²) < 4.78 is 0. The molecule has 1 aromatic carbocycles. The molecule has 0 N–H and O–H groups in total. The summed E-state index contributed by atoms with van der Waals surface area (Å²) in [7, 11) is 0. The molecule has 0 saturated carbocycles. The second-order valence-corrected chi connectivity index (χ2v) is 4.34. The monoisotopic (exact) mass is 230 g/mol. The second kappa shape index (κ2) is 6.79. The minimum atomic E-state index is 0.0187. The largest absolute Gasteiger partial charge is 0.300 e. The van der Waals surface area contributed by atoms with E-state index < -0.39 is 0 Å². The first-order valence-electron chi connectivity index (χ1n) is 5.80. The molecule has 0 atom stereocenters. The van der Waals surface area contributed by atoms with E-state index in [1.165, 1.54) is 0 Å². The van der Waals surface area contributed by atoms with Gasteiger partial charge in [-0.1, -0.05) is 42.5 Å². The Balaban J connectivity index is 2.68. The fourth-order valence-corrected chi connectivity index (χ4v) is 1.76. The van der Waals surface area contributed by atoms with Crippen molar-refractivity contribution in [1.29, 1.82) is 0 Å². The Bertz CT molecular complexity index is 388. The molecule has 0 aromatic heterocycles. The summed E-state index contributed by atoms with van der Waals surface area (Å²) in [6.07, 6.45) is 4.79. The quantitative estimate of drug-likeness (QED) is 0.751. The van der Waals surface area contributed by atoms with Gasteiger partial charge < -0.3 is 9.59 Å². The van der Waals surface area contributed by atoms with Crippen LogP contribution in [0.15, 0.2) is 36.4 Å². The molecule has 17 heavy (non-hydrogen) atoms. The smallest absolute Gasteiger partial charge is 0.130 e. The molecule has 0 spiro atoms. The average molecular weight is 230 g/mol. The number of Topliss-reactive ketones (excluding diaryl/α,β-unsaturated/α-hetero) is 2. The van der Waals surface area contributed by atoms with Crippen molar-refractivity contribution in [2.45, 2.75) is 26.7 Å². The summed E-state index contributed by atoms with van der Waals surface area (Å²) in [6, 6.07) is 9.87. The first-order chi connectivity index (χ1) is 8.08. The Hall–Kier alpha value is -1.70. The lowest BCUT2D eigenvalue weighted by molar-refractivity contribution is -0.119. The van der Waals surface area contributed by atoms with Crippen LogP contribution in [0.3, 0.4) is 0 Å². The Morgan fingerprint density at radius 1 is 1.06 bits per heavy atom. The van der Waals surface area contributed by atoms with Crippen LogP contribution in [0, 0.1) is 5.92 Å². The summed E-state index contributed by atoms with van der Waals surface area (Å²) in [5.74, 6) is 0.258. The summed E-state index contributed by atoms with van der Waals surface area (Å²) in [5, 5.41) is 0. The number of rotatable bonds is 6. The molecule has 0 amide bonds. The number of benzene rings is 1. The van der Waals surface area contributed by atoms with Gasteiger partial charge in [0.05, 0.1) is 0 Å². The maximum atomic E-state index is 11.1. The summed E-state index contributed by atoms with van der Waals surface area (Å²) >= 11 is 0. The van der Waals surface area contributed by atoms with Crippen molar-refractivity contribution in [2.24, 2.45) is 5.92 Å². The highest BCUT2D eigenvalue weighted by Gasteiger charge is 2.10. The van der Waals surface area contributed by atoms with Crippen molar-refractivity contribution in [3.8, 4) is 0 Å². The molecule has 0 aliphatic heterocycles. The van der Waals surface area contributed by atoms with Gasteiger partial charge in [0.15, 0.2) is 0 Å². The number of carbonyl (C=O) groups is 2. The van der Waals surface area contributed by atoms with Gasteiger partial charge in [-0.3, -0.25) is 0 Å². The minimum Gasteiger partial charge on any atom is -0.300 e. The predicted octanol–water partition coefficient (Wildman–Crippen LogP) is 3.27. The van der Waals surface area contributed by atoms with Crippen LogP contribution in [0.25, 0.3) is 6.08 Å². The Labute approximate surface area is 102 Å². The van der Waals surface area contributed by atoms with Crippen LogP contribution in [0.4, 0.5) is 0 Å². The molecule has 0 bridgehead atoms. The lowest BCUT2D eigenvalue weighted by Crippen LogP contribution is -2.07. The molecule has 2 nitrogen and oxygen atoms in total. The van der Waals surface area contributed by atoms with Crippen LogP contribution < -0.4 is 0 Å². The highest BCUT2D eigenvalue weighted by molar-refractivity contribution is 5.79. The van der Waals surface area contributed by atoms with E-state index in [2.05, 4.69) is 0 Å². The highest BCUT2D eigenvalue weighted by Crippen LogP contribution is 2.14. The van der Waals surface area contributed by atoms with Gasteiger partial charge in [0.25, 0.3) is 0 Å². The van der Waals surface area contributed by atoms with Crippen molar-refractivity contribution in [3.63, 3.8) is 0 Å². The standard InChI is InChI=1S/C15H18O2/c1-12(16)10-15(11-13(2)17)9-8-14-6-4-3-5-7-14/h3-9,15H,10-11H2,1-2H3/b9-8+. The van der Waals surface area contributed by atoms with Gasteiger partial charge in [0, 0.05) is 12.8 Å². The molecule has 1 rings (SSSR count). The first kappa shape index (κ1) is 13.4. The van der Waals surface area contributed by atoms with Gasteiger partial charge in [0.1, 0.15) is 11.6 Å². The van der Waals surface area contributed by atoms with Crippen LogP contribution in [0.2, 0.25) is 0 Å². The average Bonchev–Trinajstić information content (AvgIpc) is 2.26. The number of hydrogen-bond acceptors (Lipinski definition) is 2. The first-order valence-corrected chi connectivity index (χ1v) is 5.80. The van der Waals surface area contributed by atoms with Crippen molar-refractivity contribution >= 4 is 17.6 Å². The molecular weight excluding hydrogens is 212 g/mol. The lowest BCUT2D eigenvalue weighted by Gasteiger charge is -2.08. The van der Waals surface area contributed by atoms with Crippen molar-refractivity contribution < 1.29 is 9.59 Å². The highest BCUT2D eigenvalue weighted by atomic mass is 16.1. The fourth-order valence-electron chi connectivity index (χ4n) is 1.76. The van der Waals surface area contributed by atoms with E-state index in [-0.39, 0.29) is 17.5 Å². The molecular formula is C15H18O2. The van der Waals surface area contributed by atoms with Gasteiger partial charge in [0.2, 0.25) is 0 Å². The van der Waals surface area contributed by atoms with Gasteiger partial charge in [-0.15, -0.1) is 0 Å². The molecule has 0 radical (unpaired) electrons. The molecule has 0 aliphatic rings. The number of hydrogen-bond donors (Lipinski definition) is 0. The van der Waals surface area contributed by atoms with Crippen LogP contribution in [0.1, 0.15) is 32.3 Å². The Morgan fingerprint density at radius 3 is 2.06 bits per heavy atom. The molecule has 2 heteroatoms. The zero-order valence-electron chi connectivity index (χ0n) is 10.3. The SMILES string of the molecule is CC(=O)CC(/C=C/c1ccccc1)CC(C)=O. The Morgan fingerprint density at radius 2 is 1.59 bits per heavy atom. The summed E-state index contributed by atoms with van der Waals surface area (Å²) in [6.45, 7) is 3.12. The molecule has 90 valence electrons. The topological polar surface area (TPSA) is 34.1 Å². The van der Waals surface area contributed by atoms with E-state index >= 15 is 0 Å². The predicted molar refractivity (Wildman–Crippen MR) is 69.6 cm³/mol. The fraction of sp³-hybridized carbons (Fsp3) is 0.333. The molecule has 0 aliphatic carbocycles. The van der Waals surface area contributed by atoms with Gasteiger partial charge in [-0.05, 0) is 25.3 Å². The van der Waals surface area contributed by atoms with Crippen LogP contribution in [0.5, 0.6) is 0 Å². The molecule has 0 saturated heterocycles. The third-order valence-electron chi connectivity index (χ3n) is 2.46. The molecule has 0 fully saturated rings. The van der Waals surface area contributed by atoms with Crippen molar-refractivity contribution in [3.05, 3.63) is 42.0 Å². The third kappa shape index (κ3) is 5.81. The van der Waals surface area contributed by atoms with E-state index in [4.69, 9.17) is 0 Å². The van der Waals surface area contributed by atoms with Gasteiger partial charge in [-0.25, -0.2) is 0 Å². The summed E-state index contributed by atoms with van der Waals surface area (Å²) in [5.41, 5.74) is 1.09. The maximum absolute atomic E-state index is 11.1. The van der Waals surface area contributed by atoms with Crippen LogP contribution in [-0.4, -0.2) is 11.6 Å². The van der Waals surface area contributed by atoms with Gasteiger partial charge in [-0.2, -0.15) is 0 Å². The number of allylic oxidation sites excluding steroid dienone is 1. The van der Waals surface area contributed by atoms with E-state index in [9.17, 15) is 9.59 Å². The molecule has 0 unspecified atom stereocenters. The molecule has 0 heterocycles. The van der Waals surface area contributed by atoms with Crippen molar-refractivity contribution in [1.82, 2.24) is 0 Å². The minimum absolute atomic E-state index is 0.0187. The van der Waals surface area contributed by atoms with E-state index in [0.29, 0.717) is 12.8 Å². The van der Waals surface area contributed by atoms with Crippen LogP contribution in [-0.2, 0) is 9.59 Å². The summed E-state index contributed by atoms with van der Waals surface area (Å²) in [4.78, 5) is 22.2. The number of ketones is 2. The van der Waals surface area contributed by atoms with E-state index in [0.717, 1.165) is 5.56 Å². The van der Waals surface area contributed by atoms with E-state index in [1.54, 1.807) is 13.8 Å². The molecule has 1 aromatic rings. The zero-order chi connectivity index (χ0) is 12.7. The lowest BCUT2D eigenvalue weighted by atomic mass is 9.96. The Kier molecular flexibility index (Phi) is 5.34.